The number of carbonyl (C=O) groups is 8. The second-order valence-electron chi connectivity index (χ2n) is 19.6. The van der Waals surface area contributed by atoms with Gasteiger partial charge in [0, 0.05) is 59.5 Å². The number of aryl methyl sites for hydroxylation is 1. The van der Waals surface area contributed by atoms with E-state index in [0.717, 1.165) is 32.5 Å². The van der Waals surface area contributed by atoms with E-state index in [2.05, 4.69) is 33.5 Å². The smallest absolute Gasteiger partial charge is 0.343 e. The van der Waals surface area contributed by atoms with Crippen LogP contribution in [0.2, 0.25) is 0 Å². The van der Waals surface area contributed by atoms with Crippen molar-refractivity contribution in [2.45, 2.75) is 102 Å². The number of rotatable bonds is 24. The van der Waals surface area contributed by atoms with Crippen LogP contribution in [0.1, 0.15) is 91.3 Å². The third-order valence-electron chi connectivity index (χ3n) is 14.4. The Balaban J connectivity index is 0.786. The fraction of sp³-hybridized carbons (Fsp3) is 0.444. The molecule has 4 aliphatic rings. The first-order valence-electron chi connectivity index (χ1n) is 25.3. The quantitative estimate of drug-likeness (QED) is 0.0221. The van der Waals surface area contributed by atoms with E-state index >= 15 is 4.39 Å². The molecule has 22 heteroatoms. The number of esters is 1. The molecule has 3 aliphatic heterocycles. The maximum absolute atomic E-state index is 15.4. The monoisotopic (exact) mass is 1050 g/mol. The molecule has 2 aromatic heterocycles. The molecule has 402 valence electrons. The van der Waals surface area contributed by atoms with Gasteiger partial charge in [0.05, 0.1) is 68.5 Å². The number of pyridine rings is 2. The van der Waals surface area contributed by atoms with Gasteiger partial charge in [-0.05, 0) is 67.3 Å². The van der Waals surface area contributed by atoms with E-state index in [1.807, 2.05) is 0 Å². The highest BCUT2D eigenvalue weighted by Gasteiger charge is 2.47. The highest BCUT2D eigenvalue weighted by Crippen LogP contribution is 2.49. The molecule has 8 rings (SSSR count). The van der Waals surface area contributed by atoms with Crippen molar-refractivity contribution in [2.24, 2.45) is 0 Å². The van der Waals surface area contributed by atoms with Crippen molar-refractivity contribution in [2.75, 3.05) is 52.7 Å². The Kier molecular flexibility index (Phi) is 16.8. The first-order chi connectivity index (χ1) is 36.4. The topological polar surface area (TPSA) is 283 Å². The fourth-order valence-corrected chi connectivity index (χ4v) is 10.2. The highest BCUT2D eigenvalue weighted by atomic mass is 19.1. The minimum atomic E-state index is -2.01. The molecular weight excluding hydrogens is 988 g/mol. The largest absolute Gasteiger partial charge is 0.458 e. The molecule has 0 fully saturated rings. The van der Waals surface area contributed by atoms with Crippen LogP contribution in [0.25, 0.3) is 22.3 Å². The van der Waals surface area contributed by atoms with E-state index in [4.69, 9.17) is 19.2 Å². The molecule has 3 atom stereocenters. The van der Waals surface area contributed by atoms with Crippen LogP contribution in [0.4, 0.5) is 4.39 Å². The normalized spacial score (nSPS) is 18.4. The lowest BCUT2D eigenvalue weighted by molar-refractivity contribution is -0.172. The van der Waals surface area contributed by atoms with Crippen molar-refractivity contribution in [1.29, 1.82) is 0 Å². The Hall–Kier alpha value is -7.69. The summed E-state index contributed by atoms with van der Waals surface area (Å²) in [6.45, 7) is 4.48. The Bertz CT molecular complexity index is 3070. The number of cyclic esters (lactones) is 1. The number of hydrogen-bond donors (Lipinski definition) is 6. The van der Waals surface area contributed by atoms with Gasteiger partial charge in [-0.15, -0.1) is 0 Å². The van der Waals surface area contributed by atoms with Crippen LogP contribution in [0.3, 0.4) is 0 Å². The number of halogens is 1. The van der Waals surface area contributed by atoms with E-state index < -0.39 is 71.1 Å². The van der Waals surface area contributed by atoms with Gasteiger partial charge in [0.25, 0.3) is 17.4 Å². The summed E-state index contributed by atoms with van der Waals surface area (Å²) in [5.41, 5.74) is 2.37. The number of nitrogens with zero attached hydrogens (tertiary/aromatic N) is 3. The Morgan fingerprint density at radius 1 is 0.855 bits per heavy atom. The predicted octanol–water partition coefficient (Wildman–Crippen LogP) is 1.40. The van der Waals surface area contributed by atoms with E-state index in [1.165, 1.54) is 18.2 Å². The molecule has 21 nitrogen and oxygen atoms in total. The molecule has 76 heavy (non-hydrogen) atoms. The number of benzene rings is 2. The number of imide groups is 1. The first-order valence-corrected chi connectivity index (χ1v) is 25.3. The van der Waals surface area contributed by atoms with Crippen molar-refractivity contribution >= 4 is 58.2 Å². The summed E-state index contributed by atoms with van der Waals surface area (Å²) in [5.74, 6) is -4.89. The lowest BCUT2D eigenvalue weighted by atomic mass is 9.69. The molecule has 5 heterocycles. The molecule has 0 radical (unpaired) electrons. The summed E-state index contributed by atoms with van der Waals surface area (Å²) in [6, 6.07) is 10.8. The molecule has 0 bridgehead atoms. The van der Waals surface area contributed by atoms with Gasteiger partial charge in [0.15, 0.2) is 5.60 Å². The number of amides is 7. The Labute approximate surface area is 436 Å². The Morgan fingerprint density at radius 3 is 2.30 bits per heavy atom. The average molecular weight is 1050 g/mol. The van der Waals surface area contributed by atoms with Gasteiger partial charge in [-0.1, -0.05) is 50.6 Å². The number of hydrogen-bond acceptors (Lipinski definition) is 14. The number of aromatic nitrogens is 2. The SMILES string of the molecule is CC[C@@]1(O)C(=O)OCc2c1cc1n(c2=O)Cc2c-1nc1cc(F)c(C)c3c1c2[C@@](C)(COCCOCNC(=O)CNC(=O)[C@H](Cc1ccccc1)NC(=O)CNC(=O)CNC(=O)CCCCCN1C(=O)C=CC1=O)CC3. The number of nitrogens with one attached hydrogen (secondary N) is 5. The number of aliphatic hydroxyl groups is 1. The van der Waals surface area contributed by atoms with Crippen LogP contribution in [0.5, 0.6) is 0 Å². The minimum Gasteiger partial charge on any atom is -0.458 e. The van der Waals surface area contributed by atoms with Crippen molar-refractivity contribution in [3.05, 3.63) is 110 Å². The molecule has 0 saturated heterocycles. The van der Waals surface area contributed by atoms with Crippen LogP contribution in [-0.4, -0.2) is 126 Å². The van der Waals surface area contributed by atoms with Gasteiger partial charge >= 0.3 is 5.97 Å². The third kappa shape index (κ3) is 11.7. The predicted molar refractivity (Wildman–Crippen MR) is 270 cm³/mol. The molecule has 7 amide bonds. The third-order valence-corrected chi connectivity index (χ3v) is 14.4. The molecule has 0 saturated carbocycles. The van der Waals surface area contributed by atoms with Crippen LogP contribution < -0.4 is 32.1 Å². The molecule has 6 N–H and O–H groups in total. The second-order valence-corrected chi connectivity index (χ2v) is 19.6. The van der Waals surface area contributed by atoms with Crippen molar-refractivity contribution < 1.29 is 62.1 Å². The summed E-state index contributed by atoms with van der Waals surface area (Å²) < 4.78 is 34.1. The molecule has 4 aromatic rings. The minimum absolute atomic E-state index is 0.0121. The molecular formula is C54H61FN8O13. The van der Waals surface area contributed by atoms with Gasteiger partial charge in [0.2, 0.25) is 29.5 Å². The Morgan fingerprint density at radius 2 is 1.55 bits per heavy atom. The first kappa shape index (κ1) is 54.6. The van der Waals surface area contributed by atoms with E-state index in [9.17, 15) is 48.3 Å². The molecule has 1 aliphatic carbocycles. The summed E-state index contributed by atoms with van der Waals surface area (Å²) >= 11 is 0. The van der Waals surface area contributed by atoms with E-state index in [1.54, 1.807) is 54.8 Å². The van der Waals surface area contributed by atoms with Crippen LogP contribution in [0, 0.1) is 12.7 Å². The van der Waals surface area contributed by atoms with Gasteiger partial charge in [0.1, 0.15) is 25.2 Å². The average Bonchev–Trinajstić information content (AvgIpc) is 4.03. The number of ether oxygens (including phenoxy) is 3. The summed E-state index contributed by atoms with van der Waals surface area (Å²) in [7, 11) is 0. The van der Waals surface area contributed by atoms with Gasteiger partial charge in [-0.2, -0.15) is 0 Å². The summed E-state index contributed by atoms with van der Waals surface area (Å²) in [4.78, 5) is 120. The zero-order valence-electron chi connectivity index (χ0n) is 42.6. The van der Waals surface area contributed by atoms with Crippen LogP contribution in [-0.2, 0) is 89.6 Å². The van der Waals surface area contributed by atoms with Crippen LogP contribution in [0.15, 0.2) is 59.4 Å². The lowest BCUT2D eigenvalue weighted by Gasteiger charge is -2.37. The molecule has 2 aromatic carbocycles. The van der Waals surface area contributed by atoms with Gasteiger partial charge < -0.3 is 50.5 Å². The van der Waals surface area contributed by atoms with E-state index in [-0.39, 0.29) is 101 Å². The summed E-state index contributed by atoms with van der Waals surface area (Å²) in [6.07, 6.45) is 5.33. The number of carbonyl (C=O) groups excluding carboxylic acids is 8. The van der Waals surface area contributed by atoms with Gasteiger partial charge in [-0.3, -0.25) is 43.3 Å². The zero-order chi connectivity index (χ0) is 54.3. The molecule has 0 spiro atoms. The summed E-state index contributed by atoms with van der Waals surface area (Å²) in [5, 5.41) is 24.8. The fourth-order valence-electron chi connectivity index (χ4n) is 10.2. The standard InChI is InChI=1S/C54H61FN8O13/c1-4-54(73)36-22-40-49-34(27-63(40)51(71)35(36)28-76-52(54)72)48-47-33(31(2)37(55)23-38(47)61-49)16-17-53(48,3)29-74-19-20-75-30-59-43(66)25-58-50(70)39(21-32-11-7-5-8-12-32)60-44(67)26-57-42(65)24-56-41(64)13-9-6-10-18-62-45(68)14-15-46(62)69/h5,7-8,11-12,14-15,22-23,39,73H,4,6,9-10,13,16-21,24-30H2,1-3H3,(H,56,64)(H,57,65)(H,58,70)(H,59,66)(H,60,67)/t39-,53+,54-/m0/s1. The van der Waals surface area contributed by atoms with Crippen molar-refractivity contribution in [3.8, 4) is 11.4 Å². The molecule has 0 unspecified atom stereocenters. The number of unbranched alkanes of at least 4 members (excludes halogenated alkanes) is 2. The number of fused-ring (bicyclic) bond motifs is 5. The maximum atomic E-state index is 15.4. The van der Waals surface area contributed by atoms with Gasteiger partial charge in [-0.25, -0.2) is 14.2 Å². The maximum Gasteiger partial charge on any atom is 0.343 e. The zero-order valence-corrected chi connectivity index (χ0v) is 42.6. The van der Waals surface area contributed by atoms with Crippen molar-refractivity contribution in [3.63, 3.8) is 0 Å². The highest BCUT2D eigenvalue weighted by molar-refractivity contribution is 6.12. The second kappa shape index (κ2) is 23.5. The van der Waals surface area contributed by atoms with Crippen molar-refractivity contribution in [1.82, 2.24) is 41.0 Å². The van der Waals surface area contributed by atoms with Crippen LogP contribution >= 0.6 is 0 Å². The lowest BCUT2D eigenvalue weighted by Crippen LogP contribution is -2.52. The van der Waals surface area contributed by atoms with E-state index in [0.29, 0.717) is 54.6 Å².